The van der Waals surface area contributed by atoms with Crippen LogP contribution in [0.4, 0.5) is 15.8 Å². The predicted molar refractivity (Wildman–Crippen MR) is 111 cm³/mol. The second kappa shape index (κ2) is 9.37. The van der Waals surface area contributed by atoms with Crippen molar-refractivity contribution in [1.82, 2.24) is 4.90 Å². The van der Waals surface area contributed by atoms with E-state index in [0.29, 0.717) is 18.2 Å². The number of aryl methyl sites for hydroxylation is 1. The summed E-state index contributed by atoms with van der Waals surface area (Å²) >= 11 is 0. The molecule has 3 rings (SSSR count). The number of hydrogen-bond donors (Lipinski definition) is 2. The van der Waals surface area contributed by atoms with Crippen LogP contribution in [0.25, 0.3) is 0 Å². The molecule has 1 aliphatic rings. The summed E-state index contributed by atoms with van der Waals surface area (Å²) in [5, 5.41) is 3.11. The molecule has 0 unspecified atom stereocenters. The Morgan fingerprint density at radius 3 is 2.48 bits per heavy atom. The zero-order valence-electron chi connectivity index (χ0n) is 15.9. The predicted octanol–water partition coefficient (Wildman–Crippen LogP) is 3.07. The van der Waals surface area contributed by atoms with E-state index < -0.39 is 0 Å². The van der Waals surface area contributed by atoms with Gasteiger partial charge in [0.05, 0.1) is 5.69 Å². The zero-order chi connectivity index (χ0) is 19.1. The van der Waals surface area contributed by atoms with Crippen molar-refractivity contribution in [2.75, 3.05) is 49.5 Å². The average molecular weight is 369 g/mol. The summed E-state index contributed by atoms with van der Waals surface area (Å²) < 4.78 is 13.9. The monoisotopic (exact) mass is 369 g/mol. The van der Waals surface area contributed by atoms with Gasteiger partial charge in [-0.15, -0.1) is 0 Å². The van der Waals surface area contributed by atoms with Crippen LogP contribution in [0.3, 0.4) is 0 Å². The van der Waals surface area contributed by atoms with Crippen LogP contribution in [0.5, 0.6) is 0 Å². The van der Waals surface area contributed by atoms with E-state index in [1.807, 2.05) is 36.4 Å². The lowest BCUT2D eigenvalue weighted by molar-refractivity contribution is 0.256. The summed E-state index contributed by atoms with van der Waals surface area (Å²) in [6, 6.07) is 15.1. The smallest absolute Gasteiger partial charge is 0.193 e. The molecule has 3 N–H and O–H groups in total. The standard InChI is InChI=1S/C21H28FN5/c1-17-7-9-18(10-8-17)25-21(23)24-11-4-12-26-13-15-27(16-14-26)20-6-3-2-5-19(20)22/h2-3,5-10H,4,11-16H2,1H3,(H3,23,24,25). The molecule has 0 saturated carbocycles. The van der Waals surface area contributed by atoms with Crippen LogP contribution < -0.4 is 16.0 Å². The van der Waals surface area contributed by atoms with Crippen LogP contribution >= 0.6 is 0 Å². The van der Waals surface area contributed by atoms with E-state index in [9.17, 15) is 4.39 Å². The highest BCUT2D eigenvalue weighted by molar-refractivity contribution is 5.92. The maximum absolute atomic E-state index is 13.9. The number of piperazine rings is 1. The van der Waals surface area contributed by atoms with Gasteiger partial charge in [-0.3, -0.25) is 9.89 Å². The molecule has 6 heteroatoms. The molecule has 0 aliphatic carbocycles. The molecule has 2 aromatic rings. The van der Waals surface area contributed by atoms with Crippen molar-refractivity contribution in [1.29, 1.82) is 0 Å². The lowest BCUT2D eigenvalue weighted by Gasteiger charge is -2.36. The first-order valence-electron chi connectivity index (χ1n) is 9.47. The van der Waals surface area contributed by atoms with E-state index in [4.69, 9.17) is 5.73 Å². The van der Waals surface area contributed by atoms with Gasteiger partial charge >= 0.3 is 0 Å². The number of guanidine groups is 1. The normalized spacial score (nSPS) is 15.8. The first kappa shape index (κ1) is 19.2. The minimum atomic E-state index is -0.142. The van der Waals surface area contributed by atoms with Crippen LogP contribution in [0.1, 0.15) is 12.0 Å². The summed E-state index contributed by atoms with van der Waals surface area (Å²) in [4.78, 5) is 8.91. The van der Waals surface area contributed by atoms with Gasteiger partial charge in [-0.1, -0.05) is 29.8 Å². The zero-order valence-corrected chi connectivity index (χ0v) is 15.9. The number of rotatable bonds is 6. The van der Waals surface area contributed by atoms with Gasteiger partial charge < -0.3 is 16.0 Å². The van der Waals surface area contributed by atoms with Crippen molar-refractivity contribution in [2.24, 2.45) is 10.7 Å². The van der Waals surface area contributed by atoms with E-state index in [2.05, 4.69) is 27.0 Å². The quantitative estimate of drug-likeness (QED) is 0.467. The van der Waals surface area contributed by atoms with Gasteiger partial charge in [-0.05, 0) is 37.6 Å². The summed E-state index contributed by atoms with van der Waals surface area (Å²) in [5.41, 5.74) is 8.81. The van der Waals surface area contributed by atoms with E-state index in [1.165, 1.54) is 11.6 Å². The molecule has 0 aromatic heterocycles. The first-order valence-corrected chi connectivity index (χ1v) is 9.47. The number of nitrogens with two attached hydrogens (primary N) is 1. The third-order valence-corrected chi connectivity index (χ3v) is 4.80. The molecule has 2 aromatic carbocycles. The van der Waals surface area contributed by atoms with Crippen molar-refractivity contribution < 1.29 is 4.39 Å². The summed E-state index contributed by atoms with van der Waals surface area (Å²) in [7, 11) is 0. The number of benzene rings is 2. The maximum Gasteiger partial charge on any atom is 0.193 e. The van der Waals surface area contributed by atoms with Crippen LogP contribution in [0.15, 0.2) is 53.5 Å². The highest BCUT2D eigenvalue weighted by Gasteiger charge is 2.18. The fourth-order valence-corrected chi connectivity index (χ4v) is 3.24. The number of anilines is 2. The number of hydrogen-bond acceptors (Lipinski definition) is 3. The van der Waals surface area contributed by atoms with Gasteiger partial charge in [-0.2, -0.15) is 0 Å². The summed E-state index contributed by atoms with van der Waals surface area (Å²) in [5.74, 6) is 0.306. The van der Waals surface area contributed by atoms with Gasteiger partial charge in [-0.25, -0.2) is 4.39 Å². The van der Waals surface area contributed by atoms with Crippen molar-refractivity contribution >= 4 is 17.3 Å². The Kier molecular flexibility index (Phi) is 6.65. The number of para-hydroxylation sites is 1. The molecule has 1 fully saturated rings. The second-order valence-corrected chi connectivity index (χ2v) is 6.89. The molecule has 0 spiro atoms. The SMILES string of the molecule is Cc1ccc(NC(N)=NCCCN2CCN(c3ccccc3F)CC2)cc1. The molecule has 0 atom stereocenters. The minimum absolute atomic E-state index is 0.142. The molecular formula is C21H28FN5. The maximum atomic E-state index is 13.9. The number of nitrogens with one attached hydrogen (secondary N) is 1. The lowest BCUT2D eigenvalue weighted by atomic mass is 10.2. The number of halogens is 1. The molecule has 1 saturated heterocycles. The van der Waals surface area contributed by atoms with Crippen LogP contribution in [0.2, 0.25) is 0 Å². The molecule has 0 bridgehead atoms. The van der Waals surface area contributed by atoms with Gasteiger partial charge in [0.25, 0.3) is 0 Å². The first-order chi connectivity index (χ1) is 13.1. The Morgan fingerprint density at radius 1 is 1.07 bits per heavy atom. The molecule has 0 radical (unpaired) electrons. The highest BCUT2D eigenvalue weighted by Crippen LogP contribution is 2.20. The van der Waals surface area contributed by atoms with Crippen LogP contribution in [-0.2, 0) is 0 Å². The molecule has 1 aliphatic heterocycles. The van der Waals surface area contributed by atoms with Crippen molar-refractivity contribution in [3.05, 3.63) is 59.9 Å². The Bertz CT molecular complexity index is 751. The topological polar surface area (TPSA) is 56.9 Å². The van der Waals surface area contributed by atoms with Crippen molar-refractivity contribution in [3.8, 4) is 0 Å². The number of nitrogens with zero attached hydrogens (tertiary/aromatic N) is 3. The molecule has 5 nitrogen and oxygen atoms in total. The third kappa shape index (κ3) is 5.69. The average Bonchev–Trinajstić information content (AvgIpc) is 2.68. The van der Waals surface area contributed by atoms with E-state index in [-0.39, 0.29) is 5.82 Å². The highest BCUT2D eigenvalue weighted by atomic mass is 19.1. The third-order valence-electron chi connectivity index (χ3n) is 4.80. The fourth-order valence-electron chi connectivity index (χ4n) is 3.24. The molecular weight excluding hydrogens is 341 g/mol. The molecule has 0 amide bonds. The van der Waals surface area contributed by atoms with E-state index in [1.54, 1.807) is 6.07 Å². The van der Waals surface area contributed by atoms with E-state index >= 15 is 0 Å². The van der Waals surface area contributed by atoms with Crippen LogP contribution in [0, 0.1) is 12.7 Å². The Morgan fingerprint density at radius 2 is 1.78 bits per heavy atom. The Hall–Kier alpha value is -2.60. The largest absolute Gasteiger partial charge is 0.370 e. The minimum Gasteiger partial charge on any atom is -0.370 e. The van der Waals surface area contributed by atoms with E-state index in [0.717, 1.165) is 44.8 Å². The fraction of sp³-hybridized carbons (Fsp3) is 0.381. The van der Waals surface area contributed by atoms with Crippen molar-refractivity contribution in [3.63, 3.8) is 0 Å². The Labute approximate surface area is 160 Å². The number of aliphatic imine (C=N–C) groups is 1. The lowest BCUT2D eigenvalue weighted by Crippen LogP contribution is -2.47. The molecule has 1 heterocycles. The van der Waals surface area contributed by atoms with Gasteiger partial charge in [0.15, 0.2) is 5.96 Å². The van der Waals surface area contributed by atoms with Gasteiger partial charge in [0, 0.05) is 45.0 Å². The van der Waals surface area contributed by atoms with Crippen molar-refractivity contribution in [2.45, 2.75) is 13.3 Å². The summed E-state index contributed by atoms with van der Waals surface area (Å²) in [6.45, 7) is 7.30. The van der Waals surface area contributed by atoms with Gasteiger partial charge in [0.2, 0.25) is 0 Å². The second-order valence-electron chi connectivity index (χ2n) is 6.89. The molecule has 144 valence electrons. The Balaban J connectivity index is 1.36. The molecule has 27 heavy (non-hydrogen) atoms. The summed E-state index contributed by atoms with van der Waals surface area (Å²) in [6.07, 6.45) is 0.954. The van der Waals surface area contributed by atoms with Gasteiger partial charge in [0.1, 0.15) is 5.82 Å². The van der Waals surface area contributed by atoms with Crippen LogP contribution in [-0.4, -0.2) is 50.1 Å².